The Balaban J connectivity index is 1.94. The number of halogens is 1. The van der Waals surface area contributed by atoms with Crippen LogP contribution in [-0.2, 0) is 6.42 Å². The van der Waals surface area contributed by atoms with E-state index in [4.69, 9.17) is 11.6 Å². The van der Waals surface area contributed by atoms with E-state index in [9.17, 15) is 0 Å². The Hall–Kier alpha value is -0.780. The highest BCUT2D eigenvalue weighted by atomic mass is 35.5. The molecule has 2 aromatic rings. The van der Waals surface area contributed by atoms with E-state index in [0.717, 1.165) is 12.2 Å². The third-order valence-electron chi connectivity index (χ3n) is 1.79. The summed E-state index contributed by atoms with van der Waals surface area (Å²) in [6.07, 6.45) is 0.799. The topological polar surface area (TPSA) is 41.6 Å². The number of aromatic nitrogens is 3. The van der Waals surface area contributed by atoms with Gasteiger partial charge < -0.3 is 0 Å². The first kappa shape index (κ1) is 11.7. The Morgan fingerprint density at radius 2 is 2.50 bits per heavy atom. The highest BCUT2D eigenvalue weighted by Crippen LogP contribution is 2.18. The van der Waals surface area contributed by atoms with Gasteiger partial charge in [-0.25, -0.2) is 4.98 Å². The first-order chi connectivity index (χ1) is 7.74. The zero-order valence-corrected chi connectivity index (χ0v) is 10.8. The van der Waals surface area contributed by atoms with Crippen LogP contribution in [-0.4, -0.2) is 20.9 Å². The van der Waals surface area contributed by atoms with Gasteiger partial charge >= 0.3 is 0 Å². The predicted octanol–water partition coefficient (Wildman–Crippen LogP) is 3.30. The quantitative estimate of drug-likeness (QED) is 0.849. The van der Waals surface area contributed by atoms with Crippen LogP contribution < -0.4 is 0 Å². The van der Waals surface area contributed by atoms with Gasteiger partial charge in [0, 0.05) is 22.1 Å². The first-order valence-corrected chi connectivity index (χ1v) is 6.88. The summed E-state index contributed by atoms with van der Waals surface area (Å²) in [4.78, 5) is 5.63. The van der Waals surface area contributed by atoms with Crippen molar-refractivity contribution in [1.29, 1.82) is 0 Å². The number of thiophene rings is 1. The number of H-pyrrole nitrogens is 1. The Morgan fingerprint density at radius 1 is 1.62 bits per heavy atom. The minimum Gasteiger partial charge on any atom is -0.262 e. The van der Waals surface area contributed by atoms with Gasteiger partial charge in [-0.3, -0.25) is 5.10 Å². The van der Waals surface area contributed by atoms with Crippen molar-refractivity contribution >= 4 is 34.7 Å². The molecule has 2 heterocycles. The molecule has 3 nitrogen and oxygen atoms in total. The Morgan fingerprint density at radius 3 is 3.19 bits per heavy atom. The summed E-state index contributed by atoms with van der Waals surface area (Å²) in [6.45, 7) is 3.62. The van der Waals surface area contributed by atoms with E-state index >= 15 is 0 Å². The predicted molar refractivity (Wildman–Crippen MR) is 69.2 cm³/mol. The molecule has 2 rings (SSSR count). The summed E-state index contributed by atoms with van der Waals surface area (Å²) in [7, 11) is 0. The second kappa shape index (κ2) is 5.52. The van der Waals surface area contributed by atoms with Crippen LogP contribution >= 0.6 is 34.7 Å². The van der Waals surface area contributed by atoms with Gasteiger partial charge in [-0.2, -0.15) is 0 Å². The smallest absolute Gasteiger partial charge is 0.208 e. The van der Waals surface area contributed by atoms with Crippen molar-refractivity contribution in [3.8, 4) is 0 Å². The fourth-order valence-corrected chi connectivity index (χ4v) is 2.59. The van der Waals surface area contributed by atoms with Crippen molar-refractivity contribution in [2.24, 2.45) is 0 Å². The summed E-state index contributed by atoms with van der Waals surface area (Å²) in [5, 5.41) is 10.4. The van der Waals surface area contributed by atoms with Gasteiger partial charge in [-0.1, -0.05) is 36.0 Å². The molecule has 84 valence electrons. The van der Waals surface area contributed by atoms with Crippen LogP contribution in [0.4, 0.5) is 0 Å². The third kappa shape index (κ3) is 3.37. The average molecular weight is 272 g/mol. The zero-order valence-electron chi connectivity index (χ0n) is 8.44. The van der Waals surface area contributed by atoms with Gasteiger partial charge in [-0.15, -0.1) is 16.4 Å². The lowest BCUT2D eigenvalue weighted by Gasteiger charge is -1.92. The van der Waals surface area contributed by atoms with Crippen molar-refractivity contribution in [3.63, 3.8) is 0 Å². The van der Waals surface area contributed by atoms with Gasteiger partial charge in [0.05, 0.1) is 0 Å². The van der Waals surface area contributed by atoms with Crippen molar-refractivity contribution in [2.45, 2.75) is 11.6 Å². The molecule has 2 aromatic heterocycles. The molecule has 0 aromatic carbocycles. The molecule has 0 atom stereocenters. The van der Waals surface area contributed by atoms with Crippen LogP contribution in [0.1, 0.15) is 10.7 Å². The molecule has 0 saturated carbocycles. The maximum absolute atomic E-state index is 5.67. The van der Waals surface area contributed by atoms with Gasteiger partial charge in [0.15, 0.2) is 0 Å². The van der Waals surface area contributed by atoms with Crippen LogP contribution in [0.15, 0.2) is 34.3 Å². The minimum atomic E-state index is 0.606. The van der Waals surface area contributed by atoms with Crippen molar-refractivity contribution in [3.05, 3.63) is 39.8 Å². The van der Waals surface area contributed by atoms with Crippen molar-refractivity contribution < 1.29 is 0 Å². The number of hydrogen-bond acceptors (Lipinski definition) is 4. The number of nitrogens with one attached hydrogen (secondary N) is 1. The minimum absolute atomic E-state index is 0.606. The first-order valence-electron chi connectivity index (χ1n) is 4.64. The third-order valence-corrected chi connectivity index (χ3v) is 3.89. The van der Waals surface area contributed by atoms with E-state index in [1.54, 1.807) is 11.3 Å². The van der Waals surface area contributed by atoms with Crippen LogP contribution in [0.25, 0.3) is 0 Å². The molecular weight excluding hydrogens is 262 g/mol. The van der Waals surface area contributed by atoms with Crippen LogP contribution in [0.3, 0.4) is 0 Å². The van der Waals surface area contributed by atoms with E-state index in [0.29, 0.717) is 15.9 Å². The number of thioether (sulfide) groups is 1. The highest BCUT2D eigenvalue weighted by Gasteiger charge is 2.05. The second-order valence-corrected chi connectivity index (χ2v) is 5.64. The van der Waals surface area contributed by atoms with Gasteiger partial charge in [0.2, 0.25) is 5.16 Å². The maximum Gasteiger partial charge on any atom is 0.208 e. The van der Waals surface area contributed by atoms with Crippen molar-refractivity contribution in [1.82, 2.24) is 15.2 Å². The molecule has 0 aliphatic carbocycles. The van der Waals surface area contributed by atoms with E-state index in [2.05, 4.69) is 33.2 Å². The monoisotopic (exact) mass is 271 g/mol. The molecule has 0 amide bonds. The summed E-state index contributed by atoms with van der Waals surface area (Å²) in [5.74, 6) is 1.52. The van der Waals surface area contributed by atoms with E-state index < -0.39 is 0 Å². The lowest BCUT2D eigenvalue weighted by atomic mass is 10.3. The zero-order chi connectivity index (χ0) is 11.4. The molecule has 6 heteroatoms. The summed E-state index contributed by atoms with van der Waals surface area (Å²) in [6, 6.07) is 4.12. The van der Waals surface area contributed by atoms with Crippen molar-refractivity contribution in [2.75, 3.05) is 5.75 Å². The fourth-order valence-electron chi connectivity index (χ4n) is 1.14. The molecule has 0 fully saturated rings. The molecule has 0 spiro atoms. The van der Waals surface area contributed by atoms with Crippen LogP contribution in [0.2, 0.25) is 0 Å². The van der Waals surface area contributed by atoms with E-state index in [1.807, 2.05) is 6.07 Å². The summed E-state index contributed by atoms with van der Waals surface area (Å²) in [5.41, 5.74) is 0. The number of hydrogen-bond donors (Lipinski definition) is 1. The second-order valence-electron chi connectivity index (χ2n) is 3.13. The van der Waals surface area contributed by atoms with Gasteiger partial charge in [0.25, 0.3) is 0 Å². The highest BCUT2D eigenvalue weighted by molar-refractivity contribution is 7.99. The van der Waals surface area contributed by atoms with E-state index in [1.165, 1.54) is 16.6 Å². The SMILES string of the molecule is C=C(Cl)CSc1n[nH]c(Cc2cccs2)n1. The van der Waals surface area contributed by atoms with Crippen LogP contribution in [0.5, 0.6) is 0 Å². The molecule has 0 bridgehead atoms. The molecule has 1 N–H and O–H groups in total. The molecule has 0 aliphatic heterocycles. The normalized spacial score (nSPS) is 10.6. The average Bonchev–Trinajstić information content (AvgIpc) is 2.87. The number of rotatable bonds is 5. The molecular formula is C10H10ClN3S2. The molecule has 0 aliphatic rings. The summed E-state index contributed by atoms with van der Waals surface area (Å²) < 4.78 is 0. The van der Waals surface area contributed by atoms with E-state index in [-0.39, 0.29) is 0 Å². The molecule has 0 unspecified atom stereocenters. The molecule has 0 radical (unpaired) electrons. The molecule has 0 saturated heterocycles. The Bertz CT molecular complexity index is 464. The van der Waals surface area contributed by atoms with Crippen LogP contribution in [0, 0.1) is 0 Å². The van der Waals surface area contributed by atoms with Gasteiger partial charge in [-0.05, 0) is 11.4 Å². The van der Waals surface area contributed by atoms with Gasteiger partial charge in [0.1, 0.15) is 5.82 Å². The fraction of sp³-hybridized carbons (Fsp3) is 0.200. The number of aromatic amines is 1. The lowest BCUT2D eigenvalue weighted by Crippen LogP contribution is -1.87. The standard InChI is InChI=1S/C10H10ClN3S2/c1-7(11)6-16-10-12-9(13-14-10)5-8-3-2-4-15-8/h2-4H,1,5-6H2,(H,12,13,14). The Kier molecular flexibility index (Phi) is 4.04. The number of nitrogens with zero attached hydrogens (tertiary/aromatic N) is 2. The maximum atomic E-state index is 5.67. The molecule has 16 heavy (non-hydrogen) atoms. The lowest BCUT2D eigenvalue weighted by molar-refractivity contribution is 0.961. The largest absolute Gasteiger partial charge is 0.262 e. The Labute approximate surface area is 107 Å². The summed E-state index contributed by atoms with van der Waals surface area (Å²) >= 11 is 8.87.